The molecule has 31 heavy (non-hydrogen) atoms. The van der Waals surface area contributed by atoms with Gasteiger partial charge >= 0.3 is 0 Å². The number of carbonyl (C=O) groups is 2. The maximum absolute atomic E-state index is 13.1. The Labute approximate surface area is 182 Å². The molecule has 7 heteroatoms. The first-order valence-electron chi connectivity index (χ1n) is 10.9. The minimum absolute atomic E-state index is 0.0209. The molecular formula is C24H29N3O4. The molecule has 2 amide bonds. The summed E-state index contributed by atoms with van der Waals surface area (Å²) >= 11 is 0. The highest BCUT2D eigenvalue weighted by molar-refractivity contribution is 5.83. The number of nitrogens with one attached hydrogen (secondary N) is 1. The molecule has 2 fully saturated rings. The minimum Gasteiger partial charge on any atom is -0.484 e. The Kier molecular flexibility index (Phi) is 6.82. The molecule has 2 aliphatic heterocycles. The zero-order valence-electron chi connectivity index (χ0n) is 17.7. The van der Waals surface area contributed by atoms with Crippen molar-refractivity contribution in [1.82, 2.24) is 15.2 Å². The molecule has 0 saturated carbocycles. The SMILES string of the molecule is O=C(NCCc1ccncc1)C1CN(C(=O)COc2ccccc2)CC12CCOCC2. The van der Waals surface area contributed by atoms with E-state index in [1.807, 2.05) is 42.5 Å². The Morgan fingerprint density at radius 3 is 2.61 bits per heavy atom. The molecule has 4 rings (SSSR count). The molecule has 7 nitrogen and oxygen atoms in total. The minimum atomic E-state index is -0.227. The molecule has 164 valence electrons. The fourth-order valence-corrected chi connectivity index (χ4v) is 4.56. The zero-order valence-corrected chi connectivity index (χ0v) is 17.7. The van der Waals surface area contributed by atoms with Crippen LogP contribution in [0.5, 0.6) is 5.75 Å². The number of hydrogen-bond donors (Lipinski definition) is 1. The number of rotatable bonds is 7. The van der Waals surface area contributed by atoms with Crippen LogP contribution >= 0.6 is 0 Å². The van der Waals surface area contributed by atoms with E-state index in [2.05, 4.69) is 10.3 Å². The lowest BCUT2D eigenvalue weighted by molar-refractivity contribution is -0.133. The first-order chi connectivity index (χ1) is 15.2. The average molecular weight is 424 g/mol. The van der Waals surface area contributed by atoms with E-state index in [0.717, 1.165) is 24.8 Å². The molecule has 1 N–H and O–H groups in total. The van der Waals surface area contributed by atoms with Gasteiger partial charge in [0, 0.05) is 50.7 Å². The van der Waals surface area contributed by atoms with Crippen LogP contribution in [0.2, 0.25) is 0 Å². The molecule has 1 aromatic heterocycles. The van der Waals surface area contributed by atoms with Crippen molar-refractivity contribution in [2.45, 2.75) is 19.3 Å². The quantitative estimate of drug-likeness (QED) is 0.738. The van der Waals surface area contributed by atoms with Crippen LogP contribution in [0.4, 0.5) is 0 Å². The predicted molar refractivity (Wildman–Crippen MR) is 115 cm³/mol. The molecule has 2 aromatic rings. The molecule has 0 bridgehead atoms. The van der Waals surface area contributed by atoms with Gasteiger partial charge in [-0.15, -0.1) is 0 Å². The smallest absolute Gasteiger partial charge is 0.260 e. The molecule has 2 saturated heterocycles. The Morgan fingerprint density at radius 1 is 1.13 bits per heavy atom. The van der Waals surface area contributed by atoms with E-state index >= 15 is 0 Å². The Hall–Kier alpha value is -2.93. The van der Waals surface area contributed by atoms with Crippen molar-refractivity contribution in [3.63, 3.8) is 0 Å². The average Bonchev–Trinajstić information content (AvgIpc) is 3.18. The Bertz CT molecular complexity index is 869. The van der Waals surface area contributed by atoms with Crippen LogP contribution in [-0.4, -0.2) is 61.2 Å². The van der Waals surface area contributed by atoms with E-state index in [4.69, 9.17) is 9.47 Å². The molecular weight excluding hydrogens is 394 g/mol. The van der Waals surface area contributed by atoms with Crippen LogP contribution in [-0.2, 0) is 20.7 Å². The van der Waals surface area contributed by atoms with Gasteiger partial charge in [0.2, 0.25) is 5.91 Å². The summed E-state index contributed by atoms with van der Waals surface area (Å²) in [5.74, 6) is 0.382. The largest absolute Gasteiger partial charge is 0.484 e. The number of nitrogens with zero attached hydrogens (tertiary/aromatic N) is 2. The summed E-state index contributed by atoms with van der Waals surface area (Å²) in [6.45, 7) is 2.81. The third-order valence-corrected chi connectivity index (χ3v) is 6.37. The Balaban J connectivity index is 1.36. The summed E-state index contributed by atoms with van der Waals surface area (Å²) in [5, 5.41) is 3.09. The van der Waals surface area contributed by atoms with E-state index < -0.39 is 0 Å². The van der Waals surface area contributed by atoms with Gasteiger partial charge in [0.05, 0.1) is 5.92 Å². The third-order valence-electron chi connectivity index (χ3n) is 6.37. The summed E-state index contributed by atoms with van der Waals surface area (Å²) < 4.78 is 11.2. The van der Waals surface area contributed by atoms with Gasteiger partial charge in [-0.3, -0.25) is 14.6 Å². The summed E-state index contributed by atoms with van der Waals surface area (Å²) in [4.78, 5) is 31.8. The van der Waals surface area contributed by atoms with Gasteiger partial charge in [-0.1, -0.05) is 18.2 Å². The van der Waals surface area contributed by atoms with E-state index in [9.17, 15) is 9.59 Å². The van der Waals surface area contributed by atoms with Crippen molar-refractivity contribution in [3.05, 3.63) is 60.4 Å². The van der Waals surface area contributed by atoms with E-state index in [-0.39, 0.29) is 29.8 Å². The first-order valence-corrected chi connectivity index (χ1v) is 10.9. The Morgan fingerprint density at radius 2 is 1.87 bits per heavy atom. The number of pyridine rings is 1. The molecule has 2 aliphatic rings. The summed E-state index contributed by atoms with van der Waals surface area (Å²) in [7, 11) is 0. The number of benzene rings is 1. The lowest BCUT2D eigenvalue weighted by Gasteiger charge is -2.37. The third kappa shape index (κ3) is 5.22. The highest BCUT2D eigenvalue weighted by Gasteiger charge is 2.51. The van der Waals surface area contributed by atoms with Crippen molar-refractivity contribution in [2.24, 2.45) is 11.3 Å². The van der Waals surface area contributed by atoms with Gasteiger partial charge < -0.3 is 19.7 Å². The number of para-hydroxylation sites is 1. The van der Waals surface area contributed by atoms with Crippen LogP contribution in [0.15, 0.2) is 54.9 Å². The van der Waals surface area contributed by atoms with Gasteiger partial charge in [0.15, 0.2) is 6.61 Å². The monoisotopic (exact) mass is 423 g/mol. The van der Waals surface area contributed by atoms with Gasteiger partial charge in [-0.25, -0.2) is 0 Å². The summed E-state index contributed by atoms with van der Waals surface area (Å²) in [5.41, 5.74) is 0.916. The lowest BCUT2D eigenvalue weighted by atomic mass is 9.71. The second-order valence-electron chi connectivity index (χ2n) is 8.30. The van der Waals surface area contributed by atoms with Gasteiger partial charge in [-0.05, 0) is 49.1 Å². The van der Waals surface area contributed by atoms with Crippen molar-refractivity contribution >= 4 is 11.8 Å². The number of hydrogen-bond acceptors (Lipinski definition) is 5. The maximum atomic E-state index is 13.1. The van der Waals surface area contributed by atoms with Crippen LogP contribution in [0.1, 0.15) is 18.4 Å². The molecule has 0 radical (unpaired) electrons. The van der Waals surface area contributed by atoms with Gasteiger partial charge in [-0.2, -0.15) is 0 Å². The number of amides is 2. The second kappa shape index (κ2) is 9.92. The molecule has 1 atom stereocenters. The number of aromatic nitrogens is 1. The number of likely N-dealkylation sites (tertiary alicyclic amines) is 1. The maximum Gasteiger partial charge on any atom is 0.260 e. The highest BCUT2D eigenvalue weighted by Crippen LogP contribution is 2.44. The van der Waals surface area contributed by atoms with Crippen molar-refractivity contribution in [2.75, 3.05) is 39.5 Å². The first kappa shape index (κ1) is 21.3. The standard InChI is InChI=1S/C24H29N3O4/c28-22(17-31-20-4-2-1-3-5-20)27-16-21(24(18-27)9-14-30-15-10-24)23(29)26-13-8-19-6-11-25-12-7-19/h1-7,11-12,21H,8-10,13-18H2,(H,26,29). The summed E-state index contributed by atoms with van der Waals surface area (Å²) in [6.07, 6.45) is 5.85. The van der Waals surface area contributed by atoms with Crippen LogP contribution in [0.3, 0.4) is 0 Å². The van der Waals surface area contributed by atoms with Crippen LogP contribution < -0.4 is 10.1 Å². The molecule has 1 spiro atoms. The van der Waals surface area contributed by atoms with Crippen LogP contribution in [0.25, 0.3) is 0 Å². The fourth-order valence-electron chi connectivity index (χ4n) is 4.56. The number of carbonyl (C=O) groups excluding carboxylic acids is 2. The number of ether oxygens (including phenoxy) is 2. The second-order valence-corrected chi connectivity index (χ2v) is 8.30. The van der Waals surface area contributed by atoms with Crippen molar-refractivity contribution < 1.29 is 19.1 Å². The van der Waals surface area contributed by atoms with Crippen molar-refractivity contribution in [1.29, 1.82) is 0 Å². The molecule has 0 aliphatic carbocycles. The fraction of sp³-hybridized carbons (Fsp3) is 0.458. The molecule has 1 unspecified atom stereocenters. The van der Waals surface area contributed by atoms with Crippen molar-refractivity contribution in [3.8, 4) is 5.75 Å². The van der Waals surface area contributed by atoms with E-state index in [1.54, 1.807) is 17.3 Å². The zero-order chi connectivity index (χ0) is 21.5. The molecule has 3 heterocycles. The van der Waals surface area contributed by atoms with E-state index in [0.29, 0.717) is 38.6 Å². The highest BCUT2D eigenvalue weighted by atomic mass is 16.5. The van der Waals surface area contributed by atoms with Crippen LogP contribution in [0, 0.1) is 11.3 Å². The van der Waals surface area contributed by atoms with E-state index in [1.165, 1.54) is 0 Å². The predicted octanol–water partition coefficient (Wildman–Crippen LogP) is 2.07. The normalized spacial score (nSPS) is 19.9. The topological polar surface area (TPSA) is 80.8 Å². The molecule has 1 aromatic carbocycles. The van der Waals surface area contributed by atoms with Gasteiger partial charge in [0.25, 0.3) is 5.91 Å². The lowest BCUT2D eigenvalue weighted by Crippen LogP contribution is -2.44. The van der Waals surface area contributed by atoms with Gasteiger partial charge in [0.1, 0.15) is 5.75 Å². The summed E-state index contributed by atoms with van der Waals surface area (Å²) in [6, 6.07) is 13.2.